The lowest BCUT2D eigenvalue weighted by Gasteiger charge is -2.08. The second kappa shape index (κ2) is 9.53. The van der Waals surface area contributed by atoms with E-state index >= 15 is 0 Å². The molecule has 0 aliphatic rings. The molecule has 2 aromatic rings. The summed E-state index contributed by atoms with van der Waals surface area (Å²) in [7, 11) is 0. The minimum absolute atomic E-state index is 0.0325. The van der Waals surface area contributed by atoms with Crippen LogP contribution in [0.4, 0.5) is 5.69 Å². The molecule has 0 fully saturated rings. The third-order valence-electron chi connectivity index (χ3n) is 3.43. The van der Waals surface area contributed by atoms with Crippen molar-refractivity contribution in [3.63, 3.8) is 0 Å². The lowest BCUT2D eigenvalue weighted by molar-refractivity contribution is -0.384. The number of nitro groups is 1. The van der Waals surface area contributed by atoms with Crippen LogP contribution in [0.25, 0.3) is 0 Å². The number of halogens is 1. The van der Waals surface area contributed by atoms with Gasteiger partial charge in [0.25, 0.3) is 5.69 Å². The van der Waals surface area contributed by atoms with E-state index in [1.54, 1.807) is 24.3 Å². The van der Waals surface area contributed by atoms with Crippen molar-refractivity contribution in [3.05, 3.63) is 68.7 Å². The monoisotopic (exact) mass is 375 g/mol. The summed E-state index contributed by atoms with van der Waals surface area (Å²) in [5.74, 6) is 0.474. The number of amides is 1. The number of carbonyl (C=O) groups is 1. The molecule has 1 amide bonds. The molecule has 2 aromatic carbocycles. The lowest BCUT2D eigenvalue weighted by Crippen LogP contribution is -2.18. The van der Waals surface area contributed by atoms with E-state index < -0.39 is 4.92 Å². The predicted molar refractivity (Wildman–Crippen MR) is 99.8 cm³/mol. The van der Waals surface area contributed by atoms with Crippen molar-refractivity contribution >= 4 is 29.4 Å². The van der Waals surface area contributed by atoms with E-state index in [2.05, 4.69) is 10.5 Å². The maximum Gasteiger partial charge on any atom is 0.270 e. The number of hydrazone groups is 1. The van der Waals surface area contributed by atoms with E-state index in [1.807, 2.05) is 13.0 Å². The first-order chi connectivity index (χ1) is 12.5. The van der Waals surface area contributed by atoms with Crippen LogP contribution in [0.5, 0.6) is 5.75 Å². The number of nitrogens with one attached hydrogen (secondary N) is 1. The smallest absolute Gasteiger partial charge is 0.270 e. The standard InChI is InChI=1S/C18H18ClN3O4/c1-13-10-15(19)7-8-17(13)26-9-3-6-18(23)21-20-12-14-4-2-5-16(11-14)22(24)25/h2,4-5,7-8,10-12H,3,6,9H2,1H3,(H,21,23)/b20-12-. The van der Waals surface area contributed by atoms with E-state index in [4.69, 9.17) is 16.3 Å². The van der Waals surface area contributed by atoms with Gasteiger partial charge >= 0.3 is 0 Å². The summed E-state index contributed by atoms with van der Waals surface area (Å²) in [6.45, 7) is 2.29. The molecule has 0 aliphatic heterocycles. The van der Waals surface area contributed by atoms with Crippen LogP contribution < -0.4 is 10.2 Å². The Hall–Kier alpha value is -2.93. The number of hydrogen-bond donors (Lipinski definition) is 1. The molecule has 0 saturated heterocycles. The van der Waals surface area contributed by atoms with Gasteiger partial charge in [0, 0.05) is 29.1 Å². The number of hydrogen-bond acceptors (Lipinski definition) is 5. The quantitative estimate of drug-likeness (QED) is 0.328. The molecule has 1 N–H and O–H groups in total. The normalized spacial score (nSPS) is 10.7. The lowest BCUT2D eigenvalue weighted by atomic mass is 10.2. The molecule has 2 rings (SSSR count). The van der Waals surface area contributed by atoms with Crippen LogP contribution in [-0.2, 0) is 4.79 Å². The van der Waals surface area contributed by atoms with Crippen molar-refractivity contribution in [1.82, 2.24) is 5.43 Å². The van der Waals surface area contributed by atoms with Crippen LogP contribution in [0.2, 0.25) is 5.02 Å². The number of benzene rings is 2. The van der Waals surface area contributed by atoms with Gasteiger partial charge in [-0.1, -0.05) is 23.7 Å². The van der Waals surface area contributed by atoms with Crippen molar-refractivity contribution < 1.29 is 14.5 Å². The van der Waals surface area contributed by atoms with Crippen LogP contribution in [0.1, 0.15) is 24.0 Å². The van der Waals surface area contributed by atoms with Crippen molar-refractivity contribution in [2.24, 2.45) is 5.10 Å². The molecule has 136 valence electrons. The summed E-state index contributed by atoms with van der Waals surface area (Å²) in [5.41, 5.74) is 3.82. The fourth-order valence-electron chi connectivity index (χ4n) is 2.14. The van der Waals surface area contributed by atoms with E-state index in [0.29, 0.717) is 23.6 Å². The Labute approximate surface area is 155 Å². The molecular formula is C18H18ClN3O4. The highest BCUT2D eigenvalue weighted by molar-refractivity contribution is 6.30. The Kier molecular flexibility index (Phi) is 7.11. The Bertz CT molecular complexity index is 824. The van der Waals surface area contributed by atoms with E-state index in [9.17, 15) is 14.9 Å². The maximum atomic E-state index is 11.7. The number of ether oxygens (including phenoxy) is 1. The van der Waals surface area contributed by atoms with Gasteiger partial charge in [-0.3, -0.25) is 14.9 Å². The minimum Gasteiger partial charge on any atom is -0.493 e. The van der Waals surface area contributed by atoms with Crippen molar-refractivity contribution in [2.45, 2.75) is 19.8 Å². The Morgan fingerprint density at radius 2 is 2.15 bits per heavy atom. The Morgan fingerprint density at radius 3 is 2.88 bits per heavy atom. The molecule has 0 radical (unpaired) electrons. The van der Waals surface area contributed by atoms with Gasteiger partial charge in [-0.25, -0.2) is 5.43 Å². The third-order valence-corrected chi connectivity index (χ3v) is 3.66. The van der Waals surface area contributed by atoms with Crippen LogP contribution >= 0.6 is 11.6 Å². The average molecular weight is 376 g/mol. The minimum atomic E-state index is -0.488. The SMILES string of the molecule is Cc1cc(Cl)ccc1OCCCC(=O)N/N=C\c1cccc([N+](=O)[O-])c1. The number of carbonyl (C=O) groups excluding carboxylic acids is 1. The maximum absolute atomic E-state index is 11.7. The molecule has 0 atom stereocenters. The van der Waals surface area contributed by atoms with Crippen LogP contribution in [0.15, 0.2) is 47.6 Å². The molecule has 0 aromatic heterocycles. The van der Waals surface area contributed by atoms with Gasteiger partial charge in [-0.05, 0) is 37.1 Å². The number of non-ortho nitro benzene ring substituents is 1. The average Bonchev–Trinajstić information content (AvgIpc) is 2.60. The van der Waals surface area contributed by atoms with E-state index in [0.717, 1.165) is 11.3 Å². The van der Waals surface area contributed by atoms with Crippen LogP contribution in [0, 0.1) is 17.0 Å². The van der Waals surface area contributed by atoms with Crippen molar-refractivity contribution in [2.75, 3.05) is 6.61 Å². The molecular weight excluding hydrogens is 358 g/mol. The van der Waals surface area contributed by atoms with E-state index in [1.165, 1.54) is 18.3 Å². The first-order valence-corrected chi connectivity index (χ1v) is 8.29. The molecule has 8 heteroatoms. The molecule has 0 unspecified atom stereocenters. The zero-order valence-electron chi connectivity index (χ0n) is 14.1. The van der Waals surface area contributed by atoms with Gasteiger partial charge in [-0.2, -0.15) is 5.10 Å². The molecule has 0 aliphatic carbocycles. The highest BCUT2D eigenvalue weighted by Gasteiger charge is 2.05. The summed E-state index contributed by atoms with van der Waals surface area (Å²) in [6, 6.07) is 11.3. The third kappa shape index (κ3) is 6.18. The largest absolute Gasteiger partial charge is 0.493 e. The molecule has 26 heavy (non-hydrogen) atoms. The fraction of sp³-hybridized carbons (Fsp3) is 0.222. The summed E-state index contributed by atoms with van der Waals surface area (Å²) in [6.07, 6.45) is 2.14. The van der Waals surface area contributed by atoms with Crippen molar-refractivity contribution in [1.29, 1.82) is 0 Å². The first-order valence-electron chi connectivity index (χ1n) is 7.91. The number of aryl methyl sites for hydroxylation is 1. The van der Waals surface area contributed by atoms with E-state index in [-0.39, 0.29) is 18.0 Å². The Balaban J connectivity index is 1.72. The number of rotatable bonds is 8. The summed E-state index contributed by atoms with van der Waals surface area (Å²) >= 11 is 5.88. The van der Waals surface area contributed by atoms with Crippen LogP contribution in [0.3, 0.4) is 0 Å². The summed E-state index contributed by atoms with van der Waals surface area (Å²) < 4.78 is 5.61. The van der Waals surface area contributed by atoms with Gasteiger partial charge in [-0.15, -0.1) is 0 Å². The topological polar surface area (TPSA) is 93.8 Å². The molecule has 0 spiro atoms. The van der Waals surface area contributed by atoms with Crippen LogP contribution in [-0.4, -0.2) is 23.7 Å². The number of nitro benzene ring substituents is 1. The highest BCUT2D eigenvalue weighted by Crippen LogP contribution is 2.21. The highest BCUT2D eigenvalue weighted by atomic mass is 35.5. The van der Waals surface area contributed by atoms with Gasteiger partial charge in [0.1, 0.15) is 5.75 Å². The molecule has 0 saturated carbocycles. The molecule has 0 bridgehead atoms. The summed E-state index contributed by atoms with van der Waals surface area (Å²) in [5, 5.41) is 15.1. The number of nitrogens with zero attached hydrogens (tertiary/aromatic N) is 2. The predicted octanol–water partition coefficient (Wildman–Crippen LogP) is 3.87. The van der Waals surface area contributed by atoms with Gasteiger partial charge < -0.3 is 4.74 Å². The molecule has 0 heterocycles. The second-order valence-electron chi connectivity index (χ2n) is 5.51. The first kappa shape index (κ1) is 19.4. The van der Waals surface area contributed by atoms with Gasteiger partial charge in [0.15, 0.2) is 0 Å². The fourth-order valence-corrected chi connectivity index (χ4v) is 2.37. The second-order valence-corrected chi connectivity index (χ2v) is 5.94. The van der Waals surface area contributed by atoms with Gasteiger partial charge in [0.2, 0.25) is 5.91 Å². The van der Waals surface area contributed by atoms with Gasteiger partial charge in [0.05, 0.1) is 17.7 Å². The zero-order valence-corrected chi connectivity index (χ0v) is 14.9. The summed E-state index contributed by atoms with van der Waals surface area (Å²) in [4.78, 5) is 21.9. The molecule has 7 nitrogen and oxygen atoms in total. The van der Waals surface area contributed by atoms with Crippen molar-refractivity contribution in [3.8, 4) is 5.75 Å². The Morgan fingerprint density at radius 1 is 1.35 bits per heavy atom. The zero-order chi connectivity index (χ0) is 18.9.